The van der Waals surface area contributed by atoms with Gasteiger partial charge in [-0.05, 0) is 84.5 Å². The van der Waals surface area contributed by atoms with Gasteiger partial charge in [-0.3, -0.25) is 0 Å². The summed E-state index contributed by atoms with van der Waals surface area (Å²) in [6, 6.07) is 33.1. The second-order valence-electron chi connectivity index (χ2n) is 15.3. The van der Waals surface area contributed by atoms with Crippen LogP contribution in [0.2, 0.25) is 0 Å². The molecule has 0 bridgehead atoms. The van der Waals surface area contributed by atoms with Crippen molar-refractivity contribution in [3.63, 3.8) is 0 Å². The molecule has 4 aromatic carbocycles. The van der Waals surface area contributed by atoms with Gasteiger partial charge in [-0.15, -0.1) is 0 Å². The molecular formula is C47H49N3O+2. The molecule has 1 aliphatic carbocycles. The molecule has 0 unspecified atom stereocenters. The van der Waals surface area contributed by atoms with E-state index < -0.39 is 0 Å². The number of pyridine rings is 1. The molecule has 4 heteroatoms. The summed E-state index contributed by atoms with van der Waals surface area (Å²) in [6.45, 7) is 11.0. The first kappa shape index (κ1) is 33.1. The number of fused-ring (bicyclic) bond motifs is 6. The normalized spacial score (nSPS) is 19.7. The Morgan fingerprint density at radius 3 is 2.14 bits per heavy atom. The lowest BCUT2D eigenvalue weighted by atomic mass is 9.78. The van der Waals surface area contributed by atoms with E-state index >= 15 is 0 Å². The summed E-state index contributed by atoms with van der Waals surface area (Å²) in [4.78, 5) is 2.49. The molecule has 256 valence electrons. The summed E-state index contributed by atoms with van der Waals surface area (Å²) in [5.74, 6) is 0. The van der Waals surface area contributed by atoms with Crippen LogP contribution in [-0.4, -0.2) is 37.6 Å². The highest BCUT2D eigenvalue weighted by atomic mass is 16.5. The minimum absolute atomic E-state index is 0.126. The van der Waals surface area contributed by atoms with Crippen LogP contribution in [0.25, 0.3) is 27.2 Å². The average molecular weight is 672 g/mol. The number of ether oxygens (including phenoxy) is 1. The second-order valence-corrected chi connectivity index (χ2v) is 15.3. The lowest BCUT2D eigenvalue weighted by Crippen LogP contribution is -2.34. The zero-order chi connectivity index (χ0) is 35.3. The van der Waals surface area contributed by atoms with Gasteiger partial charge in [0.1, 0.15) is 7.05 Å². The molecule has 0 amide bonds. The Kier molecular flexibility index (Phi) is 8.39. The first-order chi connectivity index (χ1) is 24.7. The molecule has 0 atom stereocenters. The first-order valence-corrected chi connectivity index (χ1v) is 18.4. The van der Waals surface area contributed by atoms with E-state index in [1.165, 1.54) is 72.3 Å². The van der Waals surface area contributed by atoms with Gasteiger partial charge in [0.05, 0.1) is 12.0 Å². The van der Waals surface area contributed by atoms with Crippen LogP contribution in [0.15, 0.2) is 145 Å². The number of hydrogen-bond donors (Lipinski definition) is 0. The van der Waals surface area contributed by atoms with Crippen LogP contribution < -0.4 is 9.47 Å². The van der Waals surface area contributed by atoms with Crippen LogP contribution in [-0.2, 0) is 15.6 Å². The fourth-order valence-corrected chi connectivity index (χ4v) is 9.13. The fraction of sp³-hybridized carbons (Fsp3) is 0.277. The quantitative estimate of drug-likeness (QED) is 0.161. The molecule has 8 rings (SSSR count). The summed E-state index contributed by atoms with van der Waals surface area (Å²) in [5.41, 5.74) is 11.8. The number of hydrogen-bond acceptors (Lipinski definition) is 2. The Hall–Kier alpha value is -5.06. The molecule has 0 saturated heterocycles. The summed E-state index contributed by atoms with van der Waals surface area (Å²) in [5, 5.41) is 5.26. The Balaban J connectivity index is 1.23. The molecule has 0 spiro atoms. The number of rotatable bonds is 7. The third kappa shape index (κ3) is 5.48. The topological polar surface area (TPSA) is 19.4 Å². The van der Waals surface area contributed by atoms with Crippen molar-refractivity contribution >= 4 is 44.3 Å². The van der Waals surface area contributed by atoms with E-state index in [9.17, 15) is 0 Å². The minimum Gasteiger partial charge on any atom is -0.383 e. The van der Waals surface area contributed by atoms with Crippen molar-refractivity contribution in [2.24, 2.45) is 0 Å². The molecule has 0 N–H and O–H groups in total. The number of allylic oxidation sites excluding steroid dienone is 8. The lowest BCUT2D eigenvalue weighted by molar-refractivity contribution is -0.580. The number of aromatic nitrogens is 1. The fourth-order valence-electron chi connectivity index (χ4n) is 9.13. The molecule has 5 aromatic rings. The van der Waals surface area contributed by atoms with Crippen LogP contribution in [0.5, 0.6) is 0 Å². The van der Waals surface area contributed by atoms with Crippen LogP contribution in [0.4, 0.5) is 11.4 Å². The molecule has 0 fully saturated rings. The zero-order valence-corrected chi connectivity index (χ0v) is 30.9. The lowest BCUT2D eigenvalue weighted by Gasteiger charge is -2.27. The predicted molar refractivity (Wildman–Crippen MR) is 213 cm³/mol. The Bertz CT molecular complexity index is 2330. The van der Waals surface area contributed by atoms with Gasteiger partial charge in [0.2, 0.25) is 11.4 Å². The van der Waals surface area contributed by atoms with Crippen molar-refractivity contribution < 1.29 is 13.9 Å². The maximum absolute atomic E-state index is 5.63. The molecule has 0 radical (unpaired) electrons. The smallest absolute Gasteiger partial charge is 0.216 e. The van der Waals surface area contributed by atoms with E-state index in [4.69, 9.17) is 4.74 Å². The van der Waals surface area contributed by atoms with Gasteiger partial charge in [0.15, 0.2) is 18.1 Å². The zero-order valence-electron chi connectivity index (χ0n) is 30.9. The average Bonchev–Trinajstić information content (AvgIpc) is 3.49. The molecule has 4 nitrogen and oxygen atoms in total. The standard InChI is InChI=1S/C47H49N3O/c1-46(2)41(48(5)39-25-21-33-15-8-10-19-37(33)43(39)46)27-23-35-17-14-18-36(45(35)49-29-12-7-13-30-49)24-28-42-47(3,4)44-38-20-11-9-16-34(38)22-26-40(44)50(42)31-32-51-6/h7-13,15-16,19-30H,14,17-18,31-32H2,1-6H3/q+2. The van der Waals surface area contributed by atoms with Crippen LogP contribution in [0.3, 0.4) is 0 Å². The summed E-state index contributed by atoms with van der Waals surface area (Å²) in [6.07, 6.45) is 17.2. The number of nitrogens with zero attached hydrogens (tertiary/aromatic N) is 3. The Labute approximate surface area is 303 Å². The van der Waals surface area contributed by atoms with Crippen LogP contribution in [0.1, 0.15) is 58.1 Å². The van der Waals surface area contributed by atoms with Gasteiger partial charge in [-0.25, -0.2) is 0 Å². The SMILES string of the molecule is COCCN1C(=CC=C2CCCC(C=CC3=[N+](C)c4ccc5ccccc5c4C3(C)C)=C2[n+]2ccccc2)C(C)(C)c2c1ccc1ccccc21. The molecular weight excluding hydrogens is 623 g/mol. The first-order valence-electron chi connectivity index (χ1n) is 18.4. The van der Waals surface area contributed by atoms with E-state index in [2.05, 4.69) is 176 Å². The van der Waals surface area contributed by atoms with E-state index in [1.807, 2.05) is 0 Å². The second kappa shape index (κ2) is 12.9. The van der Waals surface area contributed by atoms with E-state index in [1.54, 1.807) is 7.11 Å². The van der Waals surface area contributed by atoms with Crippen LogP contribution >= 0.6 is 0 Å². The van der Waals surface area contributed by atoms with Crippen molar-refractivity contribution in [2.75, 3.05) is 32.2 Å². The van der Waals surface area contributed by atoms with E-state index in [0.717, 1.165) is 25.8 Å². The third-order valence-electron chi connectivity index (χ3n) is 11.5. The van der Waals surface area contributed by atoms with Gasteiger partial charge in [-0.2, -0.15) is 9.14 Å². The van der Waals surface area contributed by atoms with Gasteiger partial charge in [-0.1, -0.05) is 80.6 Å². The van der Waals surface area contributed by atoms with Gasteiger partial charge < -0.3 is 9.64 Å². The summed E-state index contributed by atoms with van der Waals surface area (Å²) in [7, 11) is 4.02. The van der Waals surface area contributed by atoms with Crippen LogP contribution in [0, 0.1) is 0 Å². The van der Waals surface area contributed by atoms with E-state index in [0.29, 0.717) is 6.61 Å². The van der Waals surface area contributed by atoms with Crippen molar-refractivity contribution in [3.8, 4) is 0 Å². The van der Waals surface area contributed by atoms with Gasteiger partial charge in [0.25, 0.3) is 0 Å². The van der Waals surface area contributed by atoms with Gasteiger partial charge >= 0.3 is 0 Å². The highest BCUT2D eigenvalue weighted by Gasteiger charge is 2.44. The maximum Gasteiger partial charge on any atom is 0.216 e. The van der Waals surface area contributed by atoms with Crippen molar-refractivity contribution in [1.82, 2.24) is 0 Å². The highest BCUT2D eigenvalue weighted by Crippen LogP contribution is 2.51. The summed E-state index contributed by atoms with van der Waals surface area (Å²) >= 11 is 0. The predicted octanol–water partition coefficient (Wildman–Crippen LogP) is 10.2. The third-order valence-corrected chi connectivity index (χ3v) is 11.5. The summed E-state index contributed by atoms with van der Waals surface area (Å²) < 4.78 is 10.4. The molecule has 3 aliphatic rings. The molecule has 0 saturated carbocycles. The molecule has 3 heterocycles. The van der Waals surface area contributed by atoms with Crippen molar-refractivity contribution in [2.45, 2.75) is 57.8 Å². The maximum atomic E-state index is 5.63. The number of anilines is 1. The molecule has 1 aromatic heterocycles. The van der Waals surface area contributed by atoms with E-state index in [-0.39, 0.29) is 10.8 Å². The highest BCUT2D eigenvalue weighted by molar-refractivity contribution is 6.08. The largest absolute Gasteiger partial charge is 0.383 e. The van der Waals surface area contributed by atoms with Crippen molar-refractivity contribution in [3.05, 3.63) is 156 Å². The Morgan fingerprint density at radius 2 is 1.41 bits per heavy atom. The number of methoxy groups -OCH3 is 1. The number of benzene rings is 4. The Morgan fingerprint density at radius 1 is 0.725 bits per heavy atom. The monoisotopic (exact) mass is 671 g/mol. The molecule has 2 aliphatic heterocycles. The van der Waals surface area contributed by atoms with Crippen molar-refractivity contribution in [1.29, 1.82) is 0 Å². The van der Waals surface area contributed by atoms with Gasteiger partial charge in [0, 0.05) is 71.4 Å². The molecule has 51 heavy (non-hydrogen) atoms. The minimum atomic E-state index is -0.170.